The zero-order chi connectivity index (χ0) is 12.8. The Balaban J connectivity index is 1.70. The summed E-state index contributed by atoms with van der Waals surface area (Å²) in [6.45, 7) is 8.62. The Morgan fingerprint density at radius 1 is 1.00 bits per heavy atom. The van der Waals surface area contributed by atoms with Crippen LogP contribution >= 0.6 is 0 Å². The first-order valence-corrected chi connectivity index (χ1v) is 8.01. The van der Waals surface area contributed by atoms with Crippen molar-refractivity contribution in [1.82, 2.24) is 9.80 Å². The minimum absolute atomic E-state index is 0.462. The Bertz CT molecular complexity index is 222. The Morgan fingerprint density at radius 3 is 2.50 bits per heavy atom. The van der Waals surface area contributed by atoms with Crippen LogP contribution in [0.15, 0.2) is 0 Å². The molecule has 0 aromatic heterocycles. The van der Waals surface area contributed by atoms with E-state index in [0.717, 1.165) is 6.04 Å². The number of rotatable bonds is 5. The van der Waals surface area contributed by atoms with Crippen LogP contribution in [0.1, 0.15) is 51.9 Å². The second-order valence-electron chi connectivity index (χ2n) is 6.15. The molecule has 2 fully saturated rings. The zero-order valence-corrected chi connectivity index (χ0v) is 12.1. The predicted molar refractivity (Wildman–Crippen MR) is 77.8 cm³/mol. The van der Waals surface area contributed by atoms with Gasteiger partial charge in [-0.3, -0.25) is 4.90 Å². The Kier molecular flexibility index (Phi) is 5.93. The molecule has 0 radical (unpaired) electrons. The maximum atomic E-state index is 5.96. The summed E-state index contributed by atoms with van der Waals surface area (Å²) >= 11 is 0. The fraction of sp³-hybridized carbons (Fsp3) is 1.00. The van der Waals surface area contributed by atoms with Crippen molar-refractivity contribution in [2.24, 2.45) is 5.73 Å². The summed E-state index contributed by atoms with van der Waals surface area (Å²) in [4.78, 5) is 5.36. The largest absolute Gasteiger partial charge is 0.328 e. The number of hydrogen-bond acceptors (Lipinski definition) is 3. The molecule has 1 unspecified atom stereocenters. The molecule has 2 aliphatic rings. The van der Waals surface area contributed by atoms with Gasteiger partial charge in [-0.1, -0.05) is 19.8 Å². The van der Waals surface area contributed by atoms with Crippen LogP contribution in [0.2, 0.25) is 0 Å². The van der Waals surface area contributed by atoms with Crippen LogP contribution in [-0.2, 0) is 0 Å². The smallest absolute Gasteiger partial charge is 0.0112 e. The Hall–Kier alpha value is -0.120. The van der Waals surface area contributed by atoms with E-state index >= 15 is 0 Å². The Labute approximate surface area is 113 Å². The molecule has 3 heteroatoms. The first kappa shape index (κ1) is 14.3. The molecule has 18 heavy (non-hydrogen) atoms. The third kappa shape index (κ3) is 4.22. The molecule has 0 saturated carbocycles. The summed E-state index contributed by atoms with van der Waals surface area (Å²) in [5.74, 6) is 0. The van der Waals surface area contributed by atoms with Gasteiger partial charge < -0.3 is 10.6 Å². The molecule has 1 atom stereocenters. The van der Waals surface area contributed by atoms with Gasteiger partial charge in [0.05, 0.1) is 0 Å². The third-order valence-corrected chi connectivity index (χ3v) is 4.71. The molecule has 0 aliphatic carbocycles. The highest BCUT2D eigenvalue weighted by Crippen LogP contribution is 2.20. The number of likely N-dealkylation sites (tertiary alicyclic amines) is 2. The van der Waals surface area contributed by atoms with Gasteiger partial charge in [-0.2, -0.15) is 0 Å². The lowest BCUT2D eigenvalue weighted by Crippen LogP contribution is -2.46. The molecule has 0 aromatic rings. The molecule has 2 N–H and O–H groups in total. The summed E-state index contributed by atoms with van der Waals surface area (Å²) in [7, 11) is 0. The highest BCUT2D eigenvalue weighted by atomic mass is 15.2. The van der Waals surface area contributed by atoms with Crippen LogP contribution < -0.4 is 5.73 Å². The molecule has 0 bridgehead atoms. The van der Waals surface area contributed by atoms with Crippen molar-refractivity contribution >= 4 is 0 Å². The van der Waals surface area contributed by atoms with Gasteiger partial charge in [0.15, 0.2) is 0 Å². The molecule has 2 rings (SSSR count). The fourth-order valence-electron chi connectivity index (χ4n) is 3.46. The van der Waals surface area contributed by atoms with Crippen molar-refractivity contribution in [2.45, 2.75) is 64.0 Å². The van der Waals surface area contributed by atoms with Gasteiger partial charge in [-0.25, -0.2) is 0 Å². The quantitative estimate of drug-likeness (QED) is 0.814. The average Bonchev–Trinajstić information content (AvgIpc) is 2.40. The number of nitrogens with zero attached hydrogens (tertiary/aromatic N) is 2. The number of nitrogens with two attached hydrogens (primary N) is 1. The molecule has 106 valence electrons. The lowest BCUT2D eigenvalue weighted by molar-refractivity contribution is 0.110. The SMILES string of the molecule is CCCC1CCCCN1CCN1CCC(N)CC1. The minimum Gasteiger partial charge on any atom is -0.328 e. The number of hydrogen-bond donors (Lipinski definition) is 1. The zero-order valence-electron chi connectivity index (χ0n) is 12.1. The van der Waals surface area contributed by atoms with Gasteiger partial charge in [-0.15, -0.1) is 0 Å². The van der Waals surface area contributed by atoms with Crippen molar-refractivity contribution in [1.29, 1.82) is 0 Å². The van der Waals surface area contributed by atoms with E-state index in [-0.39, 0.29) is 0 Å². The average molecular weight is 253 g/mol. The second-order valence-corrected chi connectivity index (χ2v) is 6.15. The van der Waals surface area contributed by atoms with Crippen molar-refractivity contribution in [2.75, 3.05) is 32.7 Å². The van der Waals surface area contributed by atoms with Gasteiger partial charge in [-0.05, 0) is 51.7 Å². The van der Waals surface area contributed by atoms with E-state index in [0.29, 0.717) is 6.04 Å². The van der Waals surface area contributed by atoms with Crippen molar-refractivity contribution in [3.63, 3.8) is 0 Å². The molecular weight excluding hydrogens is 222 g/mol. The van der Waals surface area contributed by atoms with Gasteiger partial charge in [0.2, 0.25) is 0 Å². The van der Waals surface area contributed by atoms with E-state index < -0.39 is 0 Å². The van der Waals surface area contributed by atoms with Crippen molar-refractivity contribution in [3.8, 4) is 0 Å². The lowest BCUT2D eigenvalue weighted by Gasteiger charge is -2.38. The van der Waals surface area contributed by atoms with Crippen molar-refractivity contribution < 1.29 is 0 Å². The van der Waals surface area contributed by atoms with Gasteiger partial charge in [0.1, 0.15) is 0 Å². The van der Waals surface area contributed by atoms with E-state index in [9.17, 15) is 0 Å². The molecule has 2 saturated heterocycles. The highest BCUT2D eigenvalue weighted by molar-refractivity contribution is 4.79. The third-order valence-electron chi connectivity index (χ3n) is 4.71. The topological polar surface area (TPSA) is 32.5 Å². The summed E-state index contributed by atoms with van der Waals surface area (Å²) in [5.41, 5.74) is 5.96. The molecule has 2 heterocycles. The van der Waals surface area contributed by atoms with E-state index in [1.807, 2.05) is 0 Å². The number of piperidine rings is 2. The minimum atomic E-state index is 0.462. The van der Waals surface area contributed by atoms with E-state index in [1.165, 1.54) is 77.7 Å². The maximum Gasteiger partial charge on any atom is 0.0112 e. The van der Waals surface area contributed by atoms with Gasteiger partial charge >= 0.3 is 0 Å². The molecule has 3 nitrogen and oxygen atoms in total. The predicted octanol–water partition coefficient (Wildman–Crippen LogP) is 2.06. The summed E-state index contributed by atoms with van der Waals surface area (Å²) in [5, 5.41) is 0. The van der Waals surface area contributed by atoms with E-state index in [2.05, 4.69) is 16.7 Å². The van der Waals surface area contributed by atoms with Crippen LogP contribution in [0.3, 0.4) is 0 Å². The van der Waals surface area contributed by atoms with Crippen molar-refractivity contribution in [3.05, 3.63) is 0 Å². The molecule has 0 aromatic carbocycles. The van der Waals surface area contributed by atoms with Gasteiger partial charge in [0, 0.05) is 25.2 Å². The normalized spacial score (nSPS) is 28.7. The monoisotopic (exact) mass is 253 g/mol. The van der Waals surface area contributed by atoms with E-state index in [1.54, 1.807) is 0 Å². The Morgan fingerprint density at radius 2 is 1.78 bits per heavy atom. The standard InChI is InChI=1S/C15H31N3/c1-2-5-15-6-3-4-9-18(15)13-12-17-10-7-14(16)8-11-17/h14-15H,2-13,16H2,1H3. The van der Waals surface area contributed by atoms with Gasteiger partial charge in [0.25, 0.3) is 0 Å². The van der Waals surface area contributed by atoms with Crippen LogP contribution in [0.4, 0.5) is 0 Å². The fourth-order valence-corrected chi connectivity index (χ4v) is 3.46. The summed E-state index contributed by atoms with van der Waals surface area (Å²) in [6.07, 6.45) is 9.39. The van der Waals surface area contributed by atoms with E-state index in [4.69, 9.17) is 5.73 Å². The van der Waals surface area contributed by atoms with Crippen LogP contribution in [-0.4, -0.2) is 54.6 Å². The molecule has 0 spiro atoms. The first-order chi connectivity index (χ1) is 8.79. The van der Waals surface area contributed by atoms with Crippen LogP contribution in [0.5, 0.6) is 0 Å². The maximum absolute atomic E-state index is 5.96. The van der Waals surface area contributed by atoms with Crippen LogP contribution in [0, 0.1) is 0 Å². The molecule has 2 aliphatic heterocycles. The van der Waals surface area contributed by atoms with Crippen LogP contribution in [0.25, 0.3) is 0 Å². The summed E-state index contributed by atoms with van der Waals surface area (Å²) in [6, 6.07) is 1.33. The second kappa shape index (κ2) is 7.46. The molecule has 0 amide bonds. The lowest BCUT2D eigenvalue weighted by atomic mass is 9.98. The highest BCUT2D eigenvalue weighted by Gasteiger charge is 2.22. The first-order valence-electron chi connectivity index (χ1n) is 8.01. The summed E-state index contributed by atoms with van der Waals surface area (Å²) < 4.78 is 0. The molecular formula is C15H31N3.